The Morgan fingerprint density at radius 1 is 1.27 bits per heavy atom. The van der Waals surface area contributed by atoms with Gasteiger partial charge in [0.05, 0.1) is 0 Å². The van der Waals surface area contributed by atoms with Crippen molar-refractivity contribution in [2.24, 2.45) is 0 Å². The number of pyridine rings is 1. The molecule has 0 spiro atoms. The molecule has 0 saturated carbocycles. The Labute approximate surface area is 131 Å². The summed E-state index contributed by atoms with van der Waals surface area (Å²) in [6.07, 6.45) is 4.61. The van der Waals surface area contributed by atoms with Crippen molar-refractivity contribution in [1.29, 1.82) is 0 Å². The van der Waals surface area contributed by atoms with Crippen LogP contribution >= 0.6 is 0 Å². The molecular formula is C18H21N3O. The SMILES string of the molecule is CN(CCc1ccccn1)C(=O)c1cccc2c1CCCN2. The van der Waals surface area contributed by atoms with Crippen molar-refractivity contribution < 1.29 is 4.79 Å². The summed E-state index contributed by atoms with van der Waals surface area (Å²) < 4.78 is 0. The highest BCUT2D eigenvalue weighted by molar-refractivity contribution is 5.97. The van der Waals surface area contributed by atoms with Gasteiger partial charge in [-0.3, -0.25) is 9.78 Å². The molecule has 1 aromatic carbocycles. The Bertz CT molecular complexity index is 655. The molecular weight excluding hydrogens is 274 g/mol. The van der Waals surface area contributed by atoms with Gasteiger partial charge in [0.1, 0.15) is 0 Å². The van der Waals surface area contributed by atoms with Crippen LogP contribution in [0.3, 0.4) is 0 Å². The Balaban J connectivity index is 1.71. The first-order chi connectivity index (χ1) is 10.8. The predicted octanol–water partition coefficient (Wildman–Crippen LogP) is 2.75. The molecule has 0 saturated heterocycles. The van der Waals surface area contributed by atoms with Crippen molar-refractivity contribution in [1.82, 2.24) is 9.88 Å². The summed E-state index contributed by atoms with van der Waals surface area (Å²) in [5.74, 6) is 0.0940. The zero-order valence-electron chi connectivity index (χ0n) is 12.9. The number of aromatic nitrogens is 1. The lowest BCUT2D eigenvalue weighted by molar-refractivity contribution is 0.0795. The van der Waals surface area contributed by atoms with Crippen LogP contribution in [0.1, 0.15) is 28.0 Å². The lowest BCUT2D eigenvalue weighted by Crippen LogP contribution is -2.30. The molecule has 0 radical (unpaired) electrons. The van der Waals surface area contributed by atoms with E-state index in [1.807, 2.05) is 37.4 Å². The number of fused-ring (bicyclic) bond motifs is 1. The van der Waals surface area contributed by atoms with Gasteiger partial charge in [0.15, 0.2) is 0 Å². The van der Waals surface area contributed by atoms with Crippen molar-refractivity contribution in [3.8, 4) is 0 Å². The van der Waals surface area contributed by atoms with Crippen LogP contribution in [0.15, 0.2) is 42.6 Å². The average Bonchev–Trinajstić information content (AvgIpc) is 2.59. The Kier molecular flexibility index (Phi) is 4.37. The van der Waals surface area contributed by atoms with Crippen molar-refractivity contribution >= 4 is 11.6 Å². The number of hydrogen-bond donors (Lipinski definition) is 1. The zero-order chi connectivity index (χ0) is 15.4. The summed E-state index contributed by atoms with van der Waals surface area (Å²) in [5, 5.41) is 3.37. The standard InChI is InChI=1S/C18H21N3O/c1-21(13-10-14-6-2-3-11-19-14)18(22)16-7-4-9-17-15(16)8-5-12-20-17/h2-4,6-7,9,11,20H,5,8,10,12-13H2,1H3. The summed E-state index contributed by atoms with van der Waals surface area (Å²) in [5.41, 5.74) is 4.10. The first kappa shape index (κ1) is 14.6. The molecule has 3 rings (SSSR count). The van der Waals surface area contributed by atoms with Crippen LogP contribution in [0, 0.1) is 0 Å². The summed E-state index contributed by atoms with van der Waals surface area (Å²) in [6.45, 7) is 1.66. The van der Waals surface area contributed by atoms with Crippen LogP contribution in [-0.2, 0) is 12.8 Å². The summed E-state index contributed by atoms with van der Waals surface area (Å²) in [7, 11) is 1.86. The van der Waals surface area contributed by atoms with Gasteiger partial charge in [-0.15, -0.1) is 0 Å². The van der Waals surface area contributed by atoms with Crippen LogP contribution < -0.4 is 5.32 Å². The van der Waals surface area contributed by atoms with Crippen molar-refractivity contribution in [2.75, 3.05) is 25.5 Å². The normalized spacial score (nSPS) is 13.1. The maximum absolute atomic E-state index is 12.7. The summed E-state index contributed by atoms with van der Waals surface area (Å²) >= 11 is 0. The fourth-order valence-electron chi connectivity index (χ4n) is 2.85. The Morgan fingerprint density at radius 3 is 3.00 bits per heavy atom. The monoisotopic (exact) mass is 295 g/mol. The number of nitrogens with one attached hydrogen (secondary N) is 1. The number of rotatable bonds is 4. The van der Waals surface area contributed by atoms with Gasteiger partial charge in [-0.25, -0.2) is 0 Å². The molecule has 1 aromatic heterocycles. The summed E-state index contributed by atoms with van der Waals surface area (Å²) in [6, 6.07) is 11.8. The Morgan fingerprint density at radius 2 is 2.18 bits per heavy atom. The van der Waals surface area contributed by atoms with Gasteiger partial charge < -0.3 is 10.2 Å². The van der Waals surface area contributed by atoms with E-state index >= 15 is 0 Å². The lowest BCUT2D eigenvalue weighted by atomic mass is 9.97. The van der Waals surface area contributed by atoms with Crippen LogP contribution in [0.25, 0.3) is 0 Å². The highest BCUT2D eigenvalue weighted by Gasteiger charge is 2.19. The molecule has 0 fully saturated rings. The second-order valence-electron chi connectivity index (χ2n) is 5.66. The third-order valence-electron chi connectivity index (χ3n) is 4.10. The molecule has 0 bridgehead atoms. The number of likely N-dealkylation sites (N-methyl/N-ethyl adjacent to an activating group) is 1. The Hall–Kier alpha value is -2.36. The second-order valence-corrected chi connectivity index (χ2v) is 5.66. The molecule has 0 unspecified atom stereocenters. The first-order valence-electron chi connectivity index (χ1n) is 7.77. The number of carbonyl (C=O) groups excluding carboxylic acids is 1. The fraction of sp³-hybridized carbons (Fsp3) is 0.333. The minimum Gasteiger partial charge on any atom is -0.385 e. The fourth-order valence-corrected chi connectivity index (χ4v) is 2.85. The molecule has 2 aromatic rings. The van der Waals surface area contributed by atoms with Gasteiger partial charge in [0, 0.05) is 49.7 Å². The van der Waals surface area contributed by atoms with Crippen molar-refractivity contribution in [3.05, 3.63) is 59.4 Å². The maximum atomic E-state index is 12.7. The molecule has 4 heteroatoms. The third kappa shape index (κ3) is 3.11. The predicted molar refractivity (Wildman–Crippen MR) is 88.2 cm³/mol. The summed E-state index contributed by atoms with van der Waals surface area (Å²) in [4.78, 5) is 18.8. The highest BCUT2D eigenvalue weighted by Crippen LogP contribution is 2.26. The van der Waals surface area contributed by atoms with Gasteiger partial charge >= 0.3 is 0 Å². The number of nitrogens with zero attached hydrogens (tertiary/aromatic N) is 2. The van der Waals surface area contributed by atoms with Crippen LogP contribution in [-0.4, -0.2) is 35.9 Å². The number of benzene rings is 1. The van der Waals surface area contributed by atoms with Gasteiger partial charge in [0.25, 0.3) is 5.91 Å². The van der Waals surface area contributed by atoms with Crippen LogP contribution in [0.5, 0.6) is 0 Å². The number of amides is 1. The number of hydrogen-bond acceptors (Lipinski definition) is 3. The third-order valence-corrected chi connectivity index (χ3v) is 4.10. The van der Waals surface area contributed by atoms with Crippen LogP contribution in [0.4, 0.5) is 5.69 Å². The molecule has 0 atom stereocenters. The van der Waals surface area contributed by atoms with Crippen LogP contribution in [0.2, 0.25) is 0 Å². The van der Waals surface area contributed by atoms with Gasteiger partial charge in [-0.2, -0.15) is 0 Å². The van der Waals surface area contributed by atoms with E-state index in [-0.39, 0.29) is 5.91 Å². The number of carbonyl (C=O) groups is 1. The molecule has 0 aliphatic carbocycles. The quantitative estimate of drug-likeness (QED) is 0.943. The minimum atomic E-state index is 0.0940. The molecule has 22 heavy (non-hydrogen) atoms. The zero-order valence-corrected chi connectivity index (χ0v) is 12.9. The van der Waals surface area contributed by atoms with E-state index in [0.717, 1.165) is 48.3 Å². The van der Waals surface area contributed by atoms with E-state index in [0.29, 0.717) is 6.54 Å². The largest absolute Gasteiger partial charge is 0.385 e. The molecule has 4 nitrogen and oxygen atoms in total. The van der Waals surface area contributed by atoms with Crippen molar-refractivity contribution in [3.63, 3.8) is 0 Å². The first-order valence-corrected chi connectivity index (χ1v) is 7.77. The molecule has 114 valence electrons. The smallest absolute Gasteiger partial charge is 0.253 e. The molecule has 2 heterocycles. The maximum Gasteiger partial charge on any atom is 0.253 e. The van der Waals surface area contributed by atoms with Gasteiger partial charge in [-0.05, 0) is 42.7 Å². The van der Waals surface area contributed by atoms with Gasteiger partial charge in [0.2, 0.25) is 0 Å². The van der Waals surface area contributed by atoms with Gasteiger partial charge in [-0.1, -0.05) is 12.1 Å². The lowest BCUT2D eigenvalue weighted by Gasteiger charge is -2.23. The molecule has 1 N–H and O–H groups in total. The average molecular weight is 295 g/mol. The molecule has 1 amide bonds. The van der Waals surface area contributed by atoms with Crippen molar-refractivity contribution in [2.45, 2.75) is 19.3 Å². The van der Waals surface area contributed by atoms with E-state index in [1.165, 1.54) is 0 Å². The topological polar surface area (TPSA) is 45.2 Å². The van der Waals surface area contributed by atoms with E-state index in [1.54, 1.807) is 11.1 Å². The van der Waals surface area contributed by atoms with E-state index in [9.17, 15) is 4.79 Å². The molecule has 1 aliphatic rings. The van der Waals surface area contributed by atoms with E-state index < -0.39 is 0 Å². The van der Waals surface area contributed by atoms with E-state index in [4.69, 9.17) is 0 Å². The molecule has 1 aliphatic heterocycles. The second kappa shape index (κ2) is 6.60. The number of anilines is 1. The minimum absolute atomic E-state index is 0.0940. The highest BCUT2D eigenvalue weighted by atomic mass is 16.2. The van der Waals surface area contributed by atoms with E-state index in [2.05, 4.69) is 16.4 Å².